The minimum atomic E-state index is -0.275. The lowest BCUT2D eigenvalue weighted by molar-refractivity contribution is -0.125. The lowest BCUT2D eigenvalue weighted by Gasteiger charge is -2.31. The molecule has 4 aromatic rings. The zero-order valence-electron chi connectivity index (χ0n) is 19.2. The van der Waals surface area contributed by atoms with Crippen LogP contribution in [0.3, 0.4) is 0 Å². The second-order valence-corrected chi connectivity index (χ2v) is 9.57. The minimum absolute atomic E-state index is 0.212. The molecule has 0 spiro atoms. The topological polar surface area (TPSA) is 71.3 Å². The molecular formula is C26H23Cl3N4O3. The number of nitrogens with zero attached hydrogens (tertiary/aromatic N) is 4. The lowest BCUT2D eigenvalue weighted by Crippen LogP contribution is -2.43. The summed E-state index contributed by atoms with van der Waals surface area (Å²) in [6, 6.07) is 21.0. The third-order valence-electron chi connectivity index (χ3n) is 5.88. The Morgan fingerprint density at radius 1 is 1.00 bits per heavy atom. The van der Waals surface area contributed by atoms with E-state index in [1.165, 1.54) is 0 Å². The average Bonchev–Trinajstić information content (AvgIpc) is 3.35. The van der Waals surface area contributed by atoms with Gasteiger partial charge in [0.25, 0.3) is 0 Å². The molecule has 186 valence electrons. The van der Waals surface area contributed by atoms with Crippen LogP contribution < -0.4 is 4.74 Å². The average molecular weight is 546 g/mol. The maximum Gasteiger partial charge on any atom is 0.183 e. The fraction of sp³-hybridized carbons (Fsp3) is 0.269. The van der Waals surface area contributed by atoms with Crippen LogP contribution in [0.25, 0.3) is 11.4 Å². The van der Waals surface area contributed by atoms with Gasteiger partial charge in [-0.3, -0.25) is 0 Å². The molecule has 2 heterocycles. The van der Waals surface area contributed by atoms with Gasteiger partial charge in [0.15, 0.2) is 5.82 Å². The lowest BCUT2D eigenvalue weighted by atomic mass is 10.0. The van der Waals surface area contributed by atoms with Gasteiger partial charge in [-0.05, 0) is 46.3 Å². The molecule has 1 saturated heterocycles. The Labute approximate surface area is 223 Å². The van der Waals surface area contributed by atoms with Gasteiger partial charge >= 0.3 is 0 Å². The fourth-order valence-corrected chi connectivity index (χ4v) is 4.69. The predicted octanol–water partition coefficient (Wildman–Crippen LogP) is 5.75. The second-order valence-electron chi connectivity index (χ2n) is 8.34. The Bertz CT molecular complexity index is 1310. The van der Waals surface area contributed by atoms with E-state index in [1.54, 1.807) is 22.9 Å². The highest BCUT2D eigenvalue weighted by Gasteiger charge is 2.28. The molecule has 0 bridgehead atoms. The van der Waals surface area contributed by atoms with Crippen molar-refractivity contribution in [2.75, 3.05) is 19.8 Å². The number of ether oxygens (including phenoxy) is 3. The maximum absolute atomic E-state index is 6.59. The molecule has 0 aliphatic carbocycles. The van der Waals surface area contributed by atoms with E-state index in [0.717, 1.165) is 11.1 Å². The van der Waals surface area contributed by atoms with Gasteiger partial charge in [-0.2, -0.15) is 0 Å². The van der Waals surface area contributed by atoms with Crippen molar-refractivity contribution in [2.45, 2.75) is 25.2 Å². The largest absolute Gasteiger partial charge is 0.487 e. The van der Waals surface area contributed by atoms with Crippen molar-refractivity contribution in [3.8, 4) is 17.1 Å². The SMILES string of the molecule is Clc1ccc(OC(Cc2ccccc2)C2COCCO2)c(Cn2nnnc2-c2cccc(Cl)c2Cl)c1. The minimum Gasteiger partial charge on any atom is -0.487 e. The van der Waals surface area contributed by atoms with Crippen LogP contribution in [0, 0.1) is 0 Å². The van der Waals surface area contributed by atoms with Crippen LogP contribution in [0.4, 0.5) is 0 Å². The number of tetrazole rings is 1. The van der Waals surface area contributed by atoms with E-state index in [4.69, 9.17) is 49.0 Å². The smallest absolute Gasteiger partial charge is 0.183 e. The third-order valence-corrected chi connectivity index (χ3v) is 6.94. The summed E-state index contributed by atoms with van der Waals surface area (Å²) in [5, 5.41) is 13.6. The van der Waals surface area contributed by atoms with Gasteiger partial charge < -0.3 is 14.2 Å². The van der Waals surface area contributed by atoms with Crippen LogP contribution in [0.5, 0.6) is 5.75 Å². The standard InChI is InChI=1S/C26H23Cl3N4O3/c27-19-9-10-22(36-23(24-16-34-11-12-35-24)13-17-5-2-1-3-6-17)18(14-19)15-33-26(30-31-32-33)20-7-4-8-21(28)25(20)29/h1-10,14,23-24H,11-13,15-16H2. The van der Waals surface area contributed by atoms with Crippen LogP contribution in [-0.2, 0) is 22.4 Å². The first-order valence-corrected chi connectivity index (χ1v) is 12.6. The summed E-state index contributed by atoms with van der Waals surface area (Å²) in [5.74, 6) is 1.14. The van der Waals surface area contributed by atoms with Gasteiger partial charge in [0.05, 0.1) is 36.4 Å². The van der Waals surface area contributed by atoms with Crippen LogP contribution in [0.1, 0.15) is 11.1 Å². The molecule has 0 radical (unpaired) electrons. The maximum atomic E-state index is 6.59. The number of aromatic nitrogens is 4. The van der Waals surface area contributed by atoms with Gasteiger partial charge in [-0.25, -0.2) is 4.68 Å². The van der Waals surface area contributed by atoms with E-state index in [0.29, 0.717) is 65.0 Å². The fourth-order valence-electron chi connectivity index (χ4n) is 4.11. The summed E-state index contributed by atoms with van der Waals surface area (Å²) in [6.45, 7) is 1.88. The van der Waals surface area contributed by atoms with Crippen molar-refractivity contribution >= 4 is 34.8 Å². The number of hydrogen-bond acceptors (Lipinski definition) is 6. The first-order valence-electron chi connectivity index (χ1n) is 11.5. The van der Waals surface area contributed by atoms with Crippen molar-refractivity contribution in [2.24, 2.45) is 0 Å². The quantitative estimate of drug-likeness (QED) is 0.281. The van der Waals surface area contributed by atoms with E-state index in [2.05, 4.69) is 27.7 Å². The summed E-state index contributed by atoms with van der Waals surface area (Å²) in [6.07, 6.45) is 0.172. The molecule has 1 aliphatic rings. The molecule has 0 amide bonds. The van der Waals surface area contributed by atoms with Gasteiger partial charge in [0.1, 0.15) is 18.0 Å². The molecule has 0 saturated carbocycles. The molecule has 0 N–H and O–H groups in total. The van der Waals surface area contributed by atoms with Gasteiger partial charge in [-0.15, -0.1) is 5.10 Å². The van der Waals surface area contributed by atoms with Gasteiger partial charge in [0.2, 0.25) is 0 Å². The van der Waals surface area contributed by atoms with Crippen molar-refractivity contribution < 1.29 is 14.2 Å². The van der Waals surface area contributed by atoms with E-state index in [-0.39, 0.29) is 12.2 Å². The highest BCUT2D eigenvalue weighted by molar-refractivity contribution is 6.43. The number of hydrogen-bond donors (Lipinski definition) is 0. The molecule has 3 aromatic carbocycles. The summed E-state index contributed by atoms with van der Waals surface area (Å²) in [5.41, 5.74) is 2.59. The Hall–Kier alpha value is -2.68. The first-order chi connectivity index (χ1) is 17.6. The monoisotopic (exact) mass is 544 g/mol. The molecular weight excluding hydrogens is 523 g/mol. The molecule has 5 rings (SSSR count). The summed E-state index contributed by atoms with van der Waals surface area (Å²) >= 11 is 19.0. The molecule has 36 heavy (non-hydrogen) atoms. The van der Waals surface area contributed by atoms with Crippen LogP contribution in [0.15, 0.2) is 66.7 Å². The van der Waals surface area contributed by atoms with E-state index in [9.17, 15) is 0 Å². The Morgan fingerprint density at radius 3 is 2.67 bits per heavy atom. The highest BCUT2D eigenvalue weighted by atomic mass is 35.5. The first kappa shape index (κ1) is 25.0. The summed E-state index contributed by atoms with van der Waals surface area (Å²) in [7, 11) is 0. The molecule has 1 fully saturated rings. The zero-order chi connectivity index (χ0) is 24.9. The molecule has 2 unspecified atom stereocenters. The van der Waals surface area contributed by atoms with Crippen molar-refractivity contribution in [1.29, 1.82) is 0 Å². The third kappa shape index (κ3) is 5.82. The van der Waals surface area contributed by atoms with Crippen molar-refractivity contribution in [1.82, 2.24) is 20.2 Å². The molecule has 2 atom stereocenters. The second kappa shape index (κ2) is 11.6. The number of halogens is 3. The van der Waals surface area contributed by atoms with E-state index < -0.39 is 0 Å². The normalized spacial score (nSPS) is 16.6. The van der Waals surface area contributed by atoms with Crippen LogP contribution >= 0.6 is 34.8 Å². The Morgan fingerprint density at radius 2 is 1.86 bits per heavy atom. The van der Waals surface area contributed by atoms with E-state index >= 15 is 0 Å². The highest BCUT2D eigenvalue weighted by Crippen LogP contribution is 2.33. The molecule has 7 nitrogen and oxygen atoms in total. The molecule has 1 aliphatic heterocycles. The molecule has 10 heteroatoms. The van der Waals surface area contributed by atoms with Crippen LogP contribution in [0.2, 0.25) is 15.1 Å². The summed E-state index contributed by atoms with van der Waals surface area (Å²) in [4.78, 5) is 0. The van der Waals surface area contributed by atoms with Gasteiger partial charge in [0, 0.05) is 22.6 Å². The van der Waals surface area contributed by atoms with Crippen molar-refractivity contribution in [3.05, 3.63) is 92.9 Å². The Balaban J connectivity index is 1.45. The van der Waals surface area contributed by atoms with Gasteiger partial charge in [-0.1, -0.05) is 71.2 Å². The Kier molecular flexibility index (Phi) is 8.04. The van der Waals surface area contributed by atoms with E-state index in [1.807, 2.05) is 36.4 Å². The number of benzene rings is 3. The van der Waals surface area contributed by atoms with Crippen LogP contribution in [-0.4, -0.2) is 52.2 Å². The van der Waals surface area contributed by atoms with Crippen molar-refractivity contribution in [3.63, 3.8) is 0 Å². The zero-order valence-corrected chi connectivity index (χ0v) is 21.5. The predicted molar refractivity (Wildman–Crippen MR) is 139 cm³/mol. The summed E-state index contributed by atoms with van der Waals surface area (Å²) < 4.78 is 19.9. The molecule has 1 aromatic heterocycles. The number of rotatable bonds is 8.